The molecule has 3 rings (SSSR count). The molecule has 0 saturated heterocycles. The van der Waals surface area contributed by atoms with Crippen LogP contribution in [-0.4, -0.2) is 30.9 Å². The maximum absolute atomic E-state index is 12.3. The lowest BCUT2D eigenvalue weighted by atomic mass is 10.1. The van der Waals surface area contributed by atoms with Crippen molar-refractivity contribution in [1.29, 1.82) is 0 Å². The first-order valence-electron chi connectivity index (χ1n) is 8.04. The van der Waals surface area contributed by atoms with Crippen LogP contribution in [0.3, 0.4) is 0 Å². The highest BCUT2D eigenvalue weighted by molar-refractivity contribution is 8.00. The summed E-state index contributed by atoms with van der Waals surface area (Å²) in [5.74, 6) is 1.16. The van der Waals surface area contributed by atoms with Crippen LogP contribution >= 0.6 is 23.4 Å². The number of carbonyl (C=O) groups excluding carboxylic acids is 1. The molecule has 2 heterocycles. The predicted octanol–water partition coefficient (Wildman–Crippen LogP) is 3.57. The summed E-state index contributed by atoms with van der Waals surface area (Å²) in [6.07, 6.45) is 2.19. The molecule has 0 aliphatic carbocycles. The fourth-order valence-electron chi connectivity index (χ4n) is 2.27. The first-order valence-corrected chi connectivity index (χ1v) is 9.30. The second-order valence-electron chi connectivity index (χ2n) is 5.73. The number of benzene rings is 1. The molecule has 0 bridgehead atoms. The number of rotatable bonds is 6. The van der Waals surface area contributed by atoms with E-state index in [4.69, 9.17) is 11.6 Å². The number of halogens is 1. The molecule has 0 spiro atoms. The van der Waals surface area contributed by atoms with Gasteiger partial charge >= 0.3 is 0 Å². The third-order valence-corrected chi connectivity index (χ3v) is 5.12. The number of nitrogens with one attached hydrogen (secondary N) is 1. The zero-order valence-corrected chi connectivity index (χ0v) is 16.0. The van der Waals surface area contributed by atoms with Gasteiger partial charge in [0, 0.05) is 19.7 Å². The lowest BCUT2D eigenvalue weighted by Crippen LogP contribution is -2.23. The molecule has 0 radical (unpaired) electrons. The normalized spacial score (nSPS) is 12.0. The Bertz CT molecular complexity index is 882. The van der Waals surface area contributed by atoms with Gasteiger partial charge in [0.25, 0.3) is 0 Å². The van der Waals surface area contributed by atoms with Crippen LogP contribution in [0.15, 0.2) is 53.8 Å². The molecule has 6 nitrogen and oxygen atoms in total. The van der Waals surface area contributed by atoms with Gasteiger partial charge in [-0.15, -0.1) is 10.2 Å². The van der Waals surface area contributed by atoms with Crippen LogP contribution in [0.25, 0.3) is 0 Å². The van der Waals surface area contributed by atoms with Crippen LogP contribution in [-0.2, 0) is 18.3 Å². The van der Waals surface area contributed by atoms with E-state index in [1.807, 2.05) is 36.7 Å². The first-order chi connectivity index (χ1) is 12.5. The van der Waals surface area contributed by atoms with Crippen LogP contribution in [0.2, 0.25) is 5.02 Å². The minimum atomic E-state index is -0.347. The zero-order chi connectivity index (χ0) is 18.5. The maximum Gasteiger partial charge on any atom is 0.238 e. The molecule has 1 N–H and O–H groups in total. The Morgan fingerprint density at radius 2 is 2.00 bits per heavy atom. The van der Waals surface area contributed by atoms with Crippen LogP contribution in [0.4, 0.5) is 5.82 Å². The largest absolute Gasteiger partial charge is 0.310 e. The minimum Gasteiger partial charge on any atom is -0.310 e. The standard InChI is InChI=1S/C18H18ClN5OS/c1-12(17(25)21-15-9-8-14(19)11-20-15)26-18-23-22-16(24(18)2)10-13-6-4-3-5-7-13/h3-9,11-12H,10H2,1-2H3,(H,20,21,25)/t12-/m1/s1. The molecule has 8 heteroatoms. The molecule has 134 valence electrons. The van der Waals surface area contributed by atoms with Gasteiger partial charge in [-0.25, -0.2) is 4.98 Å². The molecule has 1 aromatic carbocycles. The zero-order valence-electron chi connectivity index (χ0n) is 14.4. The Morgan fingerprint density at radius 1 is 1.23 bits per heavy atom. The van der Waals surface area contributed by atoms with Gasteiger partial charge in [0.15, 0.2) is 5.16 Å². The lowest BCUT2D eigenvalue weighted by molar-refractivity contribution is -0.115. The van der Waals surface area contributed by atoms with Crippen molar-refractivity contribution in [2.75, 3.05) is 5.32 Å². The van der Waals surface area contributed by atoms with E-state index in [1.54, 1.807) is 12.1 Å². The number of carbonyl (C=O) groups is 1. The highest BCUT2D eigenvalue weighted by atomic mass is 35.5. The van der Waals surface area contributed by atoms with E-state index in [0.717, 1.165) is 5.82 Å². The highest BCUT2D eigenvalue weighted by Gasteiger charge is 2.19. The summed E-state index contributed by atoms with van der Waals surface area (Å²) in [7, 11) is 1.91. The summed E-state index contributed by atoms with van der Waals surface area (Å²) in [5.41, 5.74) is 1.17. The molecule has 0 unspecified atom stereocenters. The summed E-state index contributed by atoms with van der Waals surface area (Å²) in [6, 6.07) is 13.4. The van der Waals surface area contributed by atoms with Gasteiger partial charge in [0.05, 0.1) is 10.3 Å². The summed E-state index contributed by atoms with van der Waals surface area (Å²) >= 11 is 7.15. The molecule has 0 saturated carbocycles. The lowest BCUT2D eigenvalue weighted by Gasteiger charge is -2.11. The molecule has 0 aliphatic rings. The average Bonchev–Trinajstić information content (AvgIpc) is 2.98. The Balaban J connectivity index is 1.63. The van der Waals surface area contributed by atoms with E-state index in [2.05, 4.69) is 32.6 Å². The summed E-state index contributed by atoms with van der Waals surface area (Å²) < 4.78 is 1.92. The second-order valence-corrected chi connectivity index (χ2v) is 7.48. The van der Waals surface area contributed by atoms with Gasteiger partial charge < -0.3 is 9.88 Å². The van der Waals surface area contributed by atoms with E-state index in [9.17, 15) is 4.79 Å². The number of anilines is 1. The quantitative estimate of drug-likeness (QED) is 0.654. The average molecular weight is 388 g/mol. The predicted molar refractivity (Wildman–Crippen MR) is 103 cm³/mol. The molecule has 0 aliphatic heterocycles. The number of nitrogens with zero attached hydrogens (tertiary/aromatic N) is 4. The summed E-state index contributed by atoms with van der Waals surface area (Å²) in [5, 5.41) is 12.1. The van der Waals surface area contributed by atoms with Crippen molar-refractivity contribution in [2.24, 2.45) is 7.05 Å². The first kappa shape index (κ1) is 18.4. The van der Waals surface area contributed by atoms with Crippen molar-refractivity contribution < 1.29 is 4.79 Å². The van der Waals surface area contributed by atoms with E-state index in [1.165, 1.54) is 23.5 Å². The van der Waals surface area contributed by atoms with Crippen molar-refractivity contribution in [2.45, 2.75) is 23.8 Å². The third-order valence-electron chi connectivity index (χ3n) is 3.76. The Labute approximate surface area is 161 Å². The SMILES string of the molecule is C[C@@H](Sc1nnc(Cc2ccccc2)n1C)C(=O)Nc1ccc(Cl)cn1. The summed E-state index contributed by atoms with van der Waals surface area (Å²) in [6.45, 7) is 1.82. The van der Waals surface area contributed by atoms with E-state index in [-0.39, 0.29) is 11.2 Å². The third kappa shape index (κ3) is 4.62. The van der Waals surface area contributed by atoms with Crippen LogP contribution < -0.4 is 5.32 Å². The molecule has 0 fully saturated rings. The van der Waals surface area contributed by atoms with Crippen molar-refractivity contribution in [1.82, 2.24) is 19.7 Å². The van der Waals surface area contributed by atoms with Crippen LogP contribution in [0.1, 0.15) is 18.3 Å². The molecule has 1 amide bonds. The second kappa shape index (κ2) is 8.33. The highest BCUT2D eigenvalue weighted by Crippen LogP contribution is 2.23. The van der Waals surface area contributed by atoms with Crippen LogP contribution in [0, 0.1) is 0 Å². The number of hydrogen-bond donors (Lipinski definition) is 1. The van der Waals surface area contributed by atoms with Crippen molar-refractivity contribution >= 4 is 35.1 Å². The summed E-state index contributed by atoms with van der Waals surface area (Å²) in [4.78, 5) is 16.4. The molecule has 1 atom stereocenters. The fourth-order valence-corrected chi connectivity index (χ4v) is 3.21. The maximum atomic E-state index is 12.3. The van der Waals surface area contributed by atoms with Gasteiger partial charge in [-0.3, -0.25) is 4.79 Å². The Morgan fingerprint density at radius 3 is 2.69 bits per heavy atom. The fraction of sp³-hybridized carbons (Fsp3) is 0.222. The molecular weight excluding hydrogens is 370 g/mol. The van der Waals surface area contributed by atoms with E-state index in [0.29, 0.717) is 22.4 Å². The van der Waals surface area contributed by atoms with Gasteiger partial charge in [-0.05, 0) is 24.6 Å². The van der Waals surface area contributed by atoms with Crippen molar-refractivity contribution in [3.05, 3.63) is 65.1 Å². The van der Waals surface area contributed by atoms with Gasteiger partial charge in [-0.2, -0.15) is 0 Å². The minimum absolute atomic E-state index is 0.155. The Kier molecular flexibility index (Phi) is 5.90. The van der Waals surface area contributed by atoms with Crippen LogP contribution in [0.5, 0.6) is 0 Å². The Hall–Kier alpha value is -2.38. The van der Waals surface area contributed by atoms with Crippen molar-refractivity contribution in [3.63, 3.8) is 0 Å². The number of thioether (sulfide) groups is 1. The topological polar surface area (TPSA) is 72.7 Å². The molecule has 26 heavy (non-hydrogen) atoms. The van der Waals surface area contributed by atoms with E-state index < -0.39 is 0 Å². The number of pyridine rings is 1. The van der Waals surface area contributed by atoms with Gasteiger partial charge in [0.1, 0.15) is 11.6 Å². The number of hydrogen-bond acceptors (Lipinski definition) is 5. The number of amides is 1. The van der Waals surface area contributed by atoms with Gasteiger partial charge in [0.2, 0.25) is 5.91 Å². The molecule has 2 aromatic heterocycles. The smallest absolute Gasteiger partial charge is 0.238 e. The molecule has 3 aromatic rings. The number of aromatic nitrogens is 4. The van der Waals surface area contributed by atoms with Gasteiger partial charge in [-0.1, -0.05) is 53.7 Å². The monoisotopic (exact) mass is 387 g/mol. The van der Waals surface area contributed by atoms with Crippen molar-refractivity contribution in [3.8, 4) is 0 Å². The van der Waals surface area contributed by atoms with E-state index >= 15 is 0 Å². The molecular formula is C18H18ClN5OS.